The number of hydrogen-bond donors (Lipinski definition) is 3. The predicted octanol–water partition coefficient (Wildman–Crippen LogP) is 2.66. The molecule has 0 aliphatic carbocycles. The SMILES string of the molecule is CCNC(=NCCS(=O)(=O)NCc1ccccc1)NCCc1ccc(F)cc1.I. The third-order valence-corrected chi connectivity index (χ3v) is 5.24. The molecule has 0 saturated heterocycles. The molecule has 2 aromatic carbocycles. The van der Waals surface area contributed by atoms with Gasteiger partial charge in [-0.15, -0.1) is 24.0 Å². The molecule has 0 aromatic heterocycles. The van der Waals surface area contributed by atoms with Crippen molar-refractivity contribution in [2.75, 3.05) is 25.4 Å². The van der Waals surface area contributed by atoms with Crippen LogP contribution < -0.4 is 15.4 Å². The molecule has 0 atom stereocenters. The minimum absolute atomic E-state index is 0. The van der Waals surface area contributed by atoms with Gasteiger partial charge in [-0.05, 0) is 36.6 Å². The first-order valence-corrected chi connectivity index (χ1v) is 10.9. The maximum Gasteiger partial charge on any atom is 0.213 e. The summed E-state index contributed by atoms with van der Waals surface area (Å²) in [5.41, 5.74) is 1.92. The third-order valence-electron chi connectivity index (χ3n) is 3.93. The number of nitrogens with zero attached hydrogens (tertiary/aromatic N) is 1. The van der Waals surface area contributed by atoms with Crippen molar-refractivity contribution in [1.82, 2.24) is 15.4 Å². The molecule has 0 fully saturated rings. The minimum Gasteiger partial charge on any atom is -0.357 e. The smallest absolute Gasteiger partial charge is 0.213 e. The van der Waals surface area contributed by atoms with Gasteiger partial charge in [-0.2, -0.15) is 0 Å². The van der Waals surface area contributed by atoms with E-state index in [9.17, 15) is 12.8 Å². The third kappa shape index (κ3) is 10.6. The van der Waals surface area contributed by atoms with Crippen molar-refractivity contribution in [2.45, 2.75) is 19.9 Å². The van der Waals surface area contributed by atoms with E-state index in [0.717, 1.165) is 11.1 Å². The molecule has 0 spiro atoms. The summed E-state index contributed by atoms with van der Waals surface area (Å²) in [5.74, 6) is 0.213. The zero-order valence-electron chi connectivity index (χ0n) is 16.4. The molecule has 2 rings (SSSR count). The Kier molecular flexibility index (Phi) is 11.8. The molecule has 3 N–H and O–H groups in total. The second-order valence-electron chi connectivity index (χ2n) is 6.19. The average Bonchev–Trinajstić information content (AvgIpc) is 2.69. The summed E-state index contributed by atoms with van der Waals surface area (Å²) in [7, 11) is -3.41. The highest BCUT2D eigenvalue weighted by atomic mass is 127. The van der Waals surface area contributed by atoms with E-state index in [4.69, 9.17) is 0 Å². The molecule has 0 aliphatic rings. The molecule has 2 aromatic rings. The monoisotopic (exact) mass is 534 g/mol. The number of nitrogens with one attached hydrogen (secondary N) is 3. The van der Waals surface area contributed by atoms with E-state index in [1.54, 1.807) is 12.1 Å². The summed E-state index contributed by atoms with van der Waals surface area (Å²) < 4.78 is 39.7. The van der Waals surface area contributed by atoms with Gasteiger partial charge in [-0.1, -0.05) is 42.5 Å². The van der Waals surface area contributed by atoms with Crippen LogP contribution in [-0.4, -0.2) is 39.8 Å². The van der Waals surface area contributed by atoms with Crippen LogP contribution in [0.5, 0.6) is 0 Å². The Morgan fingerprint density at radius 1 is 1.00 bits per heavy atom. The number of guanidine groups is 1. The van der Waals surface area contributed by atoms with E-state index in [2.05, 4.69) is 20.3 Å². The van der Waals surface area contributed by atoms with Crippen molar-refractivity contribution < 1.29 is 12.8 Å². The normalized spacial score (nSPS) is 11.6. The quantitative estimate of drug-likeness (QED) is 0.249. The first-order valence-electron chi connectivity index (χ1n) is 9.26. The largest absolute Gasteiger partial charge is 0.357 e. The van der Waals surface area contributed by atoms with Crippen LogP contribution >= 0.6 is 24.0 Å². The van der Waals surface area contributed by atoms with Gasteiger partial charge in [0.15, 0.2) is 5.96 Å². The molecule has 0 amide bonds. The Morgan fingerprint density at radius 3 is 2.34 bits per heavy atom. The number of hydrogen-bond acceptors (Lipinski definition) is 3. The van der Waals surface area contributed by atoms with E-state index in [-0.39, 0.29) is 48.6 Å². The van der Waals surface area contributed by atoms with Crippen molar-refractivity contribution in [3.63, 3.8) is 0 Å². The molecule has 0 bridgehead atoms. The lowest BCUT2D eigenvalue weighted by atomic mass is 10.1. The van der Waals surface area contributed by atoms with Crippen LogP contribution in [-0.2, 0) is 23.0 Å². The lowest BCUT2D eigenvalue weighted by Crippen LogP contribution is -2.39. The van der Waals surface area contributed by atoms with E-state index in [1.165, 1.54) is 12.1 Å². The fraction of sp³-hybridized carbons (Fsp3) is 0.350. The van der Waals surface area contributed by atoms with E-state index in [1.807, 2.05) is 37.3 Å². The summed E-state index contributed by atoms with van der Waals surface area (Å²) in [4.78, 5) is 4.31. The molecule has 0 unspecified atom stereocenters. The Labute approximate surface area is 189 Å². The lowest BCUT2D eigenvalue weighted by Gasteiger charge is -2.11. The van der Waals surface area contributed by atoms with Gasteiger partial charge < -0.3 is 10.6 Å². The Morgan fingerprint density at radius 2 is 1.69 bits per heavy atom. The molecule has 160 valence electrons. The Bertz CT molecular complexity index is 847. The molecule has 29 heavy (non-hydrogen) atoms. The molecule has 0 radical (unpaired) electrons. The number of rotatable bonds is 10. The van der Waals surface area contributed by atoms with Crippen LogP contribution in [0.15, 0.2) is 59.6 Å². The maximum atomic E-state index is 12.9. The zero-order valence-corrected chi connectivity index (χ0v) is 19.5. The summed E-state index contributed by atoms with van der Waals surface area (Å²) in [5, 5.41) is 6.24. The Hall–Kier alpha value is -1.72. The van der Waals surface area contributed by atoms with Crippen LogP contribution in [0, 0.1) is 5.82 Å². The van der Waals surface area contributed by atoms with Crippen LogP contribution in [0.25, 0.3) is 0 Å². The molecular weight excluding hydrogens is 506 g/mol. The summed E-state index contributed by atoms with van der Waals surface area (Å²) >= 11 is 0. The van der Waals surface area contributed by atoms with E-state index >= 15 is 0 Å². The summed E-state index contributed by atoms with van der Waals surface area (Å²) in [6.07, 6.45) is 0.710. The van der Waals surface area contributed by atoms with Gasteiger partial charge in [-0.25, -0.2) is 17.5 Å². The van der Waals surface area contributed by atoms with Crippen molar-refractivity contribution >= 4 is 40.0 Å². The molecular formula is C20H28FIN4O2S. The van der Waals surface area contributed by atoms with Gasteiger partial charge in [0, 0.05) is 19.6 Å². The number of benzene rings is 2. The highest BCUT2D eigenvalue weighted by Gasteiger charge is 2.09. The lowest BCUT2D eigenvalue weighted by molar-refractivity contribution is 0.581. The van der Waals surface area contributed by atoms with E-state index in [0.29, 0.717) is 25.5 Å². The molecule has 9 heteroatoms. The van der Waals surface area contributed by atoms with Gasteiger partial charge in [0.1, 0.15) is 5.82 Å². The molecule has 0 saturated carbocycles. The number of halogens is 2. The maximum absolute atomic E-state index is 12.9. The predicted molar refractivity (Wildman–Crippen MR) is 127 cm³/mol. The Balaban J connectivity index is 0.00000420. The minimum atomic E-state index is -3.41. The second kappa shape index (κ2) is 13.5. The van der Waals surface area contributed by atoms with Gasteiger partial charge >= 0.3 is 0 Å². The van der Waals surface area contributed by atoms with Crippen LogP contribution in [0.2, 0.25) is 0 Å². The van der Waals surface area contributed by atoms with Crippen molar-refractivity contribution in [3.05, 3.63) is 71.5 Å². The van der Waals surface area contributed by atoms with Crippen molar-refractivity contribution in [3.8, 4) is 0 Å². The van der Waals surface area contributed by atoms with Gasteiger partial charge in [0.25, 0.3) is 0 Å². The fourth-order valence-corrected chi connectivity index (χ4v) is 3.32. The highest BCUT2D eigenvalue weighted by molar-refractivity contribution is 14.0. The molecule has 0 heterocycles. The summed E-state index contributed by atoms with van der Waals surface area (Å²) in [6, 6.07) is 15.7. The topological polar surface area (TPSA) is 82.6 Å². The molecule has 6 nitrogen and oxygen atoms in total. The van der Waals surface area contributed by atoms with Gasteiger partial charge in [0.2, 0.25) is 10.0 Å². The van der Waals surface area contributed by atoms with Crippen LogP contribution in [0.4, 0.5) is 4.39 Å². The number of aliphatic imine (C=N–C) groups is 1. The van der Waals surface area contributed by atoms with Crippen molar-refractivity contribution in [1.29, 1.82) is 0 Å². The van der Waals surface area contributed by atoms with Crippen LogP contribution in [0.3, 0.4) is 0 Å². The van der Waals surface area contributed by atoms with Crippen molar-refractivity contribution in [2.24, 2.45) is 4.99 Å². The molecule has 0 aliphatic heterocycles. The first kappa shape index (κ1) is 25.3. The van der Waals surface area contributed by atoms with Crippen LogP contribution in [0.1, 0.15) is 18.1 Å². The summed E-state index contributed by atoms with van der Waals surface area (Å²) in [6.45, 7) is 3.63. The highest BCUT2D eigenvalue weighted by Crippen LogP contribution is 2.02. The fourth-order valence-electron chi connectivity index (χ4n) is 2.46. The van der Waals surface area contributed by atoms with E-state index < -0.39 is 10.0 Å². The first-order chi connectivity index (χ1) is 13.5. The second-order valence-corrected chi connectivity index (χ2v) is 8.12. The number of sulfonamides is 1. The standard InChI is InChI=1S/C20H27FN4O2S.HI/c1-2-22-20(23-13-12-17-8-10-19(21)11-9-17)24-14-15-28(26,27)25-16-18-6-4-3-5-7-18;/h3-11,25H,2,12-16H2,1H3,(H2,22,23,24);1H. The van der Waals surface area contributed by atoms with Gasteiger partial charge in [-0.3, -0.25) is 4.99 Å². The van der Waals surface area contributed by atoms with Gasteiger partial charge in [0.05, 0.1) is 12.3 Å². The zero-order chi connectivity index (χ0) is 20.2. The average molecular weight is 534 g/mol.